The van der Waals surface area contributed by atoms with Crippen LogP contribution in [0.1, 0.15) is 17.7 Å². The second-order valence-corrected chi connectivity index (χ2v) is 5.67. The maximum absolute atomic E-state index is 11.2. The average Bonchev–Trinajstić information content (AvgIpc) is 2.77. The topological polar surface area (TPSA) is 78.0 Å². The molecule has 0 radical (unpaired) electrons. The Balaban J connectivity index is 2.35. The average molecular weight is 251 g/mol. The van der Waals surface area contributed by atoms with Gasteiger partial charge in [-0.3, -0.25) is 0 Å². The zero-order valence-electron chi connectivity index (χ0n) is 9.32. The normalized spacial score (nSPS) is 13.5. The monoisotopic (exact) mass is 251 g/mol. The van der Waals surface area contributed by atoms with E-state index in [1.54, 1.807) is 17.8 Å². The fourth-order valence-corrected chi connectivity index (χ4v) is 1.96. The number of para-hydroxylation sites is 1. The highest BCUT2D eigenvalue weighted by Gasteiger charge is 2.19. The Kier molecular flexibility index (Phi) is 2.99. The summed E-state index contributed by atoms with van der Waals surface area (Å²) >= 11 is 0. The van der Waals surface area contributed by atoms with Gasteiger partial charge in [-0.05, 0) is 19.1 Å². The summed E-state index contributed by atoms with van der Waals surface area (Å²) in [5.74, 6) is 0. The first-order valence-electron chi connectivity index (χ1n) is 5.10. The van der Waals surface area contributed by atoms with Crippen LogP contribution in [0.3, 0.4) is 0 Å². The summed E-state index contributed by atoms with van der Waals surface area (Å²) in [5, 5.41) is 8.46. The zero-order valence-corrected chi connectivity index (χ0v) is 10.1. The SMILES string of the molecule is CC(c1cnn(-c2ccccc2)c1)S(N)(=O)=O. The molecule has 1 unspecified atom stereocenters. The van der Waals surface area contributed by atoms with Crippen molar-refractivity contribution in [3.63, 3.8) is 0 Å². The first-order valence-corrected chi connectivity index (χ1v) is 6.71. The van der Waals surface area contributed by atoms with Crippen LogP contribution in [0.5, 0.6) is 0 Å². The Hall–Kier alpha value is -1.66. The van der Waals surface area contributed by atoms with Crippen molar-refractivity contribution in [2.75, 3.05) is 0 Å². The van der Waals surface area contributed by atoms with E-state index in [9.17, 15) is 8.42 Å². The Morgan fingerprint density at radius 3 is 2.53 bits per heavy atom. The number of rotatable bonds is 3. The molecule has 1 aromatic heterocycles. The summed E-state index contributed by atoms with van der Waals surface area (Å²) in [5.41, 5.74) is 1.46. The quantitative estimate of drug-likeness (QED) is 0.891. The molecule has 0 aliphatic rings. The highest BCUT2D eigenvalue weighted by Crippen LogP contribution is 2.19. The first-order chi connectivity index (χ1) is 7.98. The van der Waals surface area contributed by atoms with E-state index in [2.05, 4.69) is 5.10 Å². The molecule has 6 heteroatoms. The Labute approximate surface area is 99.9 Å². The lowest BCUT2D eigenvalue weighted by Crippen LogP contribution is -2.18. The maximum Gasteiger partial charge on any atom is 0.215 e. The van der Waals surface area contributed by atoms with Crippen LogP contribution in [0.25, 0.3) is 5.69 Å². The molecule has 5 nitrogen and oxygen atoms in total. The first kappa shape index (κ1) is 11.8. The number of benzene rings is 1. The van der Waals surface area contributed by atoms with Gasteiger partial charge in [0.25, 0.3) is 0 Å². The smallest absolute Gasteiger partial charge is 0.215 e. The molecule has 0 aliphatic heterocycles. The molecule has 0 saturated heterocycles. The van der Waals surface area contributed by atoms with E-state index in [0.717, 1.165) is 5.69 Å². The van der Waals surface area contributed by atoms with Gasteiger partial charge in [0.05, 0.1) is 11.9 Å². The van der Waals surface area contributed by atoms with Crippen molar-refractivity contribution in [1.29, 1.82) is 0 Å². The van der Waals surface area contributed by atoms with Crippen molar-refractivity contribution in [1.82, 2.24) is 9.78 Å². The van der Waals surface area contributed by atoms with Gasteiger partial charge in [0.15, 0.2) is 0 Å². The number of primary sulfonamides is 1. The van der Waals surface area contributed by atoms with Gasteiger partial charge in [0.1, 0.15) is 5.25 Å². The molecule has 1 aromatic carbocycles. The summed E-state index contributed by atoms with van der Waals surface area (Å²) in [4.78, 5) is 0. The molecule has 0 spiro atoms. The van der Waals surface area contributed by atoms with E-state index < -0.39 is 15.3 Å². The maximum atomic E-state index is 11.2. The number of sulfonamides is 1. The van der Waals surface area contributed by atoms with Gasteiger partial charge in [-0.1, -0.05) is 18.2 Å². The van der Waals surface area contributed by atoms with E-state index in [-0.39, 0.29) is 0 Å². The summed E-state index contributed by atoms with van der Waals surface area (Å²) in [6.07, 6.45) is 3.19. The van der Waals surface area contributed by atoms with Gasteiger partial charge < -0.3 is 0 Å². The fraction of sp³-hybridized carbons (Fsp3) is 0.182. The minimum absolute atomic E-state index is 0.580. The van der Waals surface area contributed by atoms with Crippen LogP contribution < -0.4 is 5.14 Å². The number of nitrogens with zero attached hydrogens (tertiary/aromatic N) is 2. The van der Waals surface area contributed by atoms with Crippen LogP contribution in [0.4, 0.5) is 0 Å². The van der Waals surface area contributed by atoms with Crippen molar-refractivity contribution in [2.24, 2.45) is 5.14 Å². The third-order valence-electron chi connectivity index (χ3n) is 2.59. The summed E-state index contributed by atoms with van der Waals surface area (Å²) in [6.45, 7) is 1.54. The molecular formula is C11H13N3O2S. The van der Waals surface area contributed by atoms with Crippen molar-refractivity contribution >= 4 is 10.0 Å². The van der Waals surface area contributed by atoms with Gasteiger partial charge >= 0.3 is 0 Å². The Bertz CT molecular complexity index is 605. The van der Waals surface area contributed by atoms with Crippen molar-refractivity contribution in [3.8, 4) is 5.69 Å². The van der Waals surface area contributed by atoms with Crippen molar-refractivity contribution in [2.45, 2.75) is 12.2 Å². The van der Waals surface area contributed by atoms with Crippen molar-refractivity contribution < 1.29 is 8.42 Å². The van der Waals surface area contributed by atoms with E-state index in [1.807, 2.05) is 30.3 Å². The van der Waals surface area contributed by atoms with Crippen LogP contribution >= 0.6 is 0 Å². The second kappa shape index (κ2) is 4.31. The van der Waals surface area contributed by atoms with Crippen LogP contribution in [0, 0.1) is 0 Å². The van der Waals surface area contributed by atoms with E-state index in [1.165, 1.54) is 6.20 Å². The van der Waals surface area contributed by atoms with Gasteiger partial charge in [-0.15, -0.1) is 0 Å². The highest BCUT2D eigenvalue weighted by molar-refractivity contribution is 7.89. The molecule has 17 heavy (non-hydrogen) atoms. The lowest BCUT2D eigenvalue weighted by Gasteiger charge is -2.05. The molecule has 0 fully saturated rings. The Morgan fingerprint density at radius 1 is 1.29 bits per heavy atom. The Morgan fingerprint density at radius 2 is 1.94 bits per heavy atom. The molecule has 2 aromatic rings. The minimum Gasteiger partial charge on any atom is -0.241 e. The predicted octanol–water partition coefficient (Wildman–Crippen LogP) is 1.22. The van der Waals surface area contributed by atoms with Crippen LogP contribution in [-0.4, -0.2) is 18.2 Å². The minimum atomic E-state index is -3.58. The lowest BCUT2D eigenvalue weighted by molar-refractivity contribution is 0.588. The van der Waals surface area contributed by atoms with E-state index >= 15 is 0 Å². The molecule has 0 bridgehead atoms. The number of aromatic nitrogens is 2. The second-order valence-electron chi connectivity index (χ2n) is 3.79. The van der Waals surface area contributed by atoms with Gasteiger partial charge in [-0.25, -0.2) is 18.2 Å². The van der Waals surface area contributed by atoms with Crippen LogP contribution in [-0.2, 0) is 10.0 Å². The van der Waals surface area contributed by atoms with Crippen molar-refractivity contribution in [3.05, 3.63) is 48.3 Å². The molecule has 0 amide bonds. The summed E-state index contributed by atoms with van der Waals surface area (Å²) in [6, 6.07) is 9.46. The number of hydrogen-bond donors (Lipinski definition) is 1. The third-order valence-corrected chi connectivity index (χ3v) is 3.84. The van der Waals surface area contributed by atoms with E-state index in [0.29, 0.717) is 5.56 Å². The lowest BCUT2D eigenvalue weighted by atomic mass is 10.3. The van der Waals surface area contributed by atoms with E-state index in [4.69, 9.17) is 5.14 Å². The highest BCUT2D eigenvalue weighted by atomic mass is 32.2. The standard InChI is InChI=1S/C11H13N3O2S/c1-9(17(12,15)16)10-7-13-14(8-10)11-5-3-2-4-6-11/h2-9H,1H3,(H2,12,15,16). The fourth-order valence-electron chi connectivity index (χ4n) is 1.46. The predicted molar refractivity (Wildman–Crippen MR) is 65.1 cm³/mol. The number of hydrogen-bond acceptors (Lipinski definition) is 3. The van der Waals surface area contributed by atoms with Gasteiger partial charge in [0, 0.05) is 11.8 Å². The molecule has 0 aliphatic carbocycles. The zero-order chi connectivity index (χ0) is 12.5. The third kappa shape index (κ3) is 2.54. The molecule has 90 valence electrons. The molecular weight excluding hydrogens is 238 g/mol. The summed E-state index contributed by atoms with van der Waals surface area (Å²) < 4.78 is 24.1. The molecule has 0 saturated carbocycles. The van der Waals surface area contributed by atoms with Gasteiger partial charge in [-0.2, -0.15) is 5.10 Å². The number of nitrogens with two attached hydrogens (primary N) is 1. The van der Waals surface area contributed by atoms with Crippen LogP contribution in [0.2, 0.25) is 0 Å². The molecule has 2 N–H and O–H groups in total. The van der Waals surface area contributed by atoms with Crippen LogP contribution in [0.15, 0.2) is 42.7 Å². The largest absolute Gasteiger partial charge is 0.241 e. The molecule has 1 heterocycles. The summed E-state index contributed by atoms with van der Waals surface area (Å²) in [7, 11) is -3.58. The van der Waals surface area contributed by atoms with Gasteiger partial charge in [0.2, 0.25) is 10.0 Å². The molecule has 1 atom stereocenters. The molecule has 2 rings (SSSR count).